The van der Waals surface area contributed by atoms with Gasteiger partial charge in [-0.25, -0.2) is 0 Å². The Morgan fingerprint density at radius 2 is 2.20 bits per heavy atom. The van der Waals surface area contributed by atoms with Crippen LogP contribution >= 0.6 is 22.6 Å². The van der Waals surface area contributed by atoms with Gasteiger partial charge in [-0.05, 0) is 35.6 Å². The van der Waals surface area contributed by atoms with Crippen molar-refractivity contribution in [3.8, 4) is 0 Å². The second-order valence-electron chi connectivity index (χ2n) is 4.88. The standard InChI is InChI=1S/C13H18IN3O3/c1-10(9-16-4-6-20-7-5-16)15-13-3-2-11(17(18)19)8-12(13)14/h2-3,8,10,15H,4-7,9H2,1H3. The quantitative estimate of drug-likeness (QED) is 0.474. The normalized spacial score (nSPS) is 17.7. The summed E-state index contributed by atoms with van der Waals surface area (Å²) in [4.78, 5) is 12.7. The number of nitrogens with one attached hydrogen (secondary N) is 1. The van der Waals surface area contributed by atoms with Crippen LogP contribution in [-0.2, 0) is 4.74 Å². The summed E-state index contributed by atoms with van der Waals surface area (Å²) in [5.74, 6) is 0. The molecule has 1 heterocycles. The van der Waals surface area contributed by atoms with Crippen LogP contribution in [0.3, 0.4) is 0 Å². The number of nitro groups is 1. The highest BCUT2D eigenvalue weighted by Gasteiger charge is 2.15. The maximum Gasteiger partial charge on any atom is 0.270 e. The molecule has 1 N–H and O–H groups in total. The lowest BCUT2D eigenvalue weighted by Crippen LogP contribution is -2.42. The largest absolute Gasteiger partial charge is 0.380 e. The second-order valence-corrected chi connectivity index (χ2v) is 6.04. The van der Waals surface area contributed by atoms with Crippen LogP contribution in [0.4, 0.5) is 11.4 Å². The highest BCUT2D eigenvalue weighted by Crippen LogP contribution is 2.24. The summed E-state index contributed by atoms with van der Waals surface area (Å²) < 4.78 is 6.19. The third kappa shape index (κ3) is 4.29. The minimum absolute atomic E-state index is 0.126. The van der Waals surface area contributed by atoms with Gasteiger partial charge in [-0.15, -0.1) is 0 Å². The Kier molecular flexibility index (Phi) is 5.55. The molecule has 1 aromatic rings. The summed E-state index contributed by atoms with van der Waals surface area (Å²) in [7, 11) is 0. The van der Waals surface area contributed by atoms with Crippen LogP contribution in [0.25, 0.3) is 0 Å². The fraction of sp³-hybridized carbons (Fsp3) is 0.538. The lowest BCUT2D eigenvalue weighted by Gasteiger charge is -2.29. The number of hydrogen-bond donors (Lipinski definition) is 1. The molecule has 1 saturated heterocycles. The van der Waals surface area contributed by atoms with Crippen molar-refractivity contribution in [1.29, 1.82) is 0 Å². The number of nitrogens with zero attached hydrogens (tertiary/aromatic N) is 2. The Bertz CT molecular complexity index is 478. The molecule has 1 atom stereocenters. The topological polar surface area (TPSA) is 67.6 Å². The van der Waals surface area contributed by atoms with Crippen molar-refractivity contribution in [1.82, 2.24) is 4.90 Å². The van der Waals surface area contributed by atoms with E-state index in [2.05, 4.69) is 39.7 Å². The van der Waals surface area contributed by atoms with Crippen molar-refractivity contribution in [2.45, 2.75) is 13.0 Å². The molecule has 1 aliphatic heterocycles. The van der Waals surface area contributed by atoms with E-state index in [1.165, 1.54) is 6.07 Å². The van der Waals surface area contributed by atoms with Gasteiger partial charge in [0.1, 0.15) is 0 Å². The van der Waals surface area contributed by atoms with Crippen molar-refractivity contribution in [2.75, 3.05) is 38.2 Å². The fourth-order valence-electron chi connectivity index (χ4n) is 2.22. The van der Waals surface area contributed by atoms with E-state index in [1.807, 2.05) is 0 Å². The summed E-state index contributed by atoms with van der Waals surface area (Å²) in [5, 5.41) is 14.1. The third-order valence-electron chi connectivity index (χ3n) is 3.20. The van der Waals surface area contributed by atoms with Gasteiger partial charge in [-0.2, -0.15) is 0 Å². The maximum atomic E-state index is 10.7. The molecule has 0 bridgehead atoms. The van der Waals surface area contributed by atoms with Gasteiger partial charge in [0.2, 0.25) is 0 Å². The monoisotopic (exact) mass is 391 g/mol. The van der Waals surface area contributed by atoms with E-state index < -0.39 is 0 Å². The number of benzene rings is 1. The molecule has 6 nitrogen and oxygen atoms in total. The van der Waals surface area contributed by atoms with E-state index in [4.69, 9.17) is 4.74 Å². The Balaban J connectivity index is 1.93. The number of nitro benzene ring substituents is 1. The number of ether oxygens (including phenoxy) is 1. The molecule has 1 fully saturated rings. The van der Waals surface area contributed by atoms with E-state index in [-0.39, 0.29) is 16.7 Å². The zero-order chi connectivity index (χ0) is 14.5. The first-order valence-electron chi connectivity index (χ1n) is 6.57. The van der Waals surface area contributed by atoms with Crippen molar-refractivity contribution in [3.63, 3.8) is 0 Å². The summed E-state index contributed by atoms with van der Waals surface area (Å²) in [5.41, 5.74) is 1.07. The Morgan fingerprint density at radius 1 is 1.50 bits per heavy atom. The smallest absolute Gasteiger partial charge is 0.270 e. The Labute approximate surface area is 131 Å². The minimum Gasteiger partial charge on any atom is -0.380 e. The number of rotatable bonds is 5. The molecule has 110 valence electrons. The van der Waals surface area contributed by atoms with E-state index in [0.29, 0.717) is 0 Å². The first-order valence-corrected chi connectivity index (χ1v) is 7.64. The molecule has 0 aromatic heterocycles. The number of halogens is 1. The highest BCUT2D eigenvalue weighted by molar-refractivity contribution is 14.1. The van der Waals surface area contributed by atoms with Gasteiger partial charge in [-0.3, -0.25) is 15.0 Å². The van der Waals surface area contributed by atoms with Gasteiger partial charge in [0, 0.05) is 47.1 Å². The molecular formula is C13H18IN3O3. The first kappa shape index (κ1) is 15.5. The molecule has 1 aliphatic rings. The average molecular weight is 391 g/mol. The highest BCUT2D eigenvalue weighted by atomic mass is 127. The van der Waals surface area contributed by atoms with Crippen LogP contribution in [-0.4, -0.2) is 48.7 Å². The summed E-state index contributed by atoms with van der Waals surface area (Å²) in [6.45, 7) is 6.57. The van der Waals surface area contributed by atoms with E-state index in [9.17, 15) is 10.1 Å². The van der Waals surface area contributed by atoms with E-state index in [1.54, 1.807) is 12.1 Å². The van der Waals surface area contributed by atoms with Crippen molar-refractivity contribution < 1.29 is 9.66 Å². The number of non-ortho nitro benzene ring substituents is 1. The van der Waals surface area contributed by atoms with Crippen LogP contribution in [0.2, 0.25) is 0 Å². The van der Waals surface area contributed by atoms with Gasteiger partial charge < -0.3 is 10.1 Å². The van der Waals surface area contributed by atoms with Crippen LogP contribution in [0, 0.1) is 13.7 Å². The van der Waals surface area contributed by atoms with Gasteiger partial charge in [0.15, 0.2) is 0 Å². The van der Waals surface area contributed by atoms with Gasteiger partial charge in [0.05, 0.1) is 18.1 Å². The predicted octanol–water partition coefficient (Wildman–Crippen LogP) is 2.33. The van der Waals surface area contributed by atoms with Crippen LogP contribution < -0.4 is 5.32 Å². The molecule has 20 heavy (non-hydrogen) atoms. The van der Waals surface area contributed by atoms with Gasteiger partial charge >= 0.3 is 0 Å². The van der Waals surface area contributed by atoms with Crippen LogP contribution in [0.15, 0.2) is 18.2 Å². The van der Waals surface area contributed by atoms with Crippen molar-refractivity contribution in [3.05, 3.63) is 31.9 Å². The van der Waals surface area contributed by atoms with Gasteiger partial charge in [-0.1, -0.05) is 0 Å². The number of morpholine rings is 1. The maximum absolute atomic E-state index is 10.7. The molecule has 1 aromatic carbocycles. The average Bonchev–Trinajstić information content (AvgIpc) is 2.42. The zero-order valence-electron chi connectivity index (χ0n) is 11.3. The summed E-state index contributed by atoms with van der Waals surface area (Å²) >= 11 is 2.12. The summed E-state index contributed by atoms with van der Waals surface area (Å²) in [6.07, 6.45) is 0. The Morgan fingerprint density at radius 3 is 2.80 bits per heavy atom. The number of anilines is 1. The minimum atomic E-state index is -0.372. The molecule has 2 rings (SSSR count). The van der Waals surface area contributed by atoms with Crippen LogP contribution in [0.5, 0.6) is 0 Å². The zero-order valence-corrected chi connectivity index (χ0v) is 13.5. The number of hydrogen-bond acceptors (Lipinski definition) is 5. The molecule has 7 heteroatoms. The fourth-order valence-corrected chi connectivity index (χ4v) is 2.87. The first-order chi connectivity index (χ1) is 9.56. The van der Waals surface area contributed by atoms with Crippen molar-refractivity contribution >= 4 is 34.0 Å². The SMILES string of the molecule is CC(CN1CCOCC1)Nc1ccc([N+](=O)[O-])cc1I. The molecule has 0 radical (unpaired) electrons. The van der Waals surface area contributed by atoms with Crippen LogP contribution in [0.1, 0.15) is 6.92 Å². The molecule has 0 spiro atoms. The molecule has 0 saturated carbocycles. The van der Waals surface area contributed by atoms with E-state index >= 15 is 0 Å². The molecule has 0 aliphatic carbocycles. The lowest BCUT2D eigenvalue weighted by atomic mass is 10.2. The van der Waals surface area contributed by atoms with Gasteiger partial charge in [0.25, 0.3) is 5.69 Å². The second kappa shape index (κ2) is 7.19. The molecule has 1 unspecified atom stereocenters. The van der Waals surface area contributed by atoms with Crippen molar-refractivity contribution in [2.24, 2.45) is 0 Å². The predicted molar refractivity (Wildman–Crippen MR) is 86.2 cm³/mol. The molecule has 0 amide bonds. The Hall–Kier alpha value is -0.930. The summed E-state index contributed by atoms with van der Waals surface area (Å²) in [6, 6.07) is 5.18. The van der Waals surface area contributed by atoms with E-state index in [0.717, 1.165) is 42.1 Å². The molecular weight excluding hydrogens is 373 g/mol. The third-order valence-corrected chi connectivity index (χ3v) is 4.09. The lowest BCUT2D eigenvalue weighted by molar-refractivity contribution is -0.384.